The summed E-state index contributed by atoms with van der Waals surface area (Å²) in [6, 6.07) is 11.7. The summed E-state index contributed by atoms with van der Waals surface area (Å²) in [4.78, 5) is 11.1. The van der Waals surface area contributed by atoms with Gasteiger partial charge in [0.25, 0.3) is 0 Å². The molecule has 2 aromatic rings. The molecule has 17 heavy (non-hydrogen) atoms. The summed E-state index contributed by atoms with van der Waals surface area (Å²) in [7, 11) is 0. The van der Waals surface area contributed by atoms with E-state index in [1.807, 2.05) is 0 Å². The van der Waals surface area contributed by atoms with Crippen LogP contribution in [0.3, 0.4) is 0 Å². The van der Waals surface area contributed by atoms with Crippen molar-refractivity contribution in [2.45, 2.75) is 0 Å². The van der Waals surface area contributed by atoms with Crippen molar-refractivity contribution in [2.24, 2.45) is 0 Å². The van der Waals surface area contributed by atoms with E-state index < -0.39 is 5.97 Å². The Morgan fingerprint density at radius 1 is 1.00 bits per heavy atom. The number of hydrogen-bond acceptors (Lipinski definition) is 3. The molecule has 4 nitrogen and oxygen atoms in total. The smallest absolute Gasteiger partial charge is 0.336 e. The van der Waals surface area contributed by atoms with Crippen molar-refractivity contribution in [2.75, 3.05) is 11.5 Å². The number of aromatic carboxylic acids is 1. The summed E-state index contributed by atoms with van der Waals surface area (Å²) in [5.41, 5.74) is 14.0. The van der Waals surface area contributed by atoms with Gasteiger partial charge < -0.3 is 16.6 Å². The molecule has 0 bridgehead atoms. The van der Waals surface area contributed by atoms with Gasteiger partial charge in [0, 0.05) is 16.9 Å². The highest BCUT2D eigenvalue weighted by atomic mass is 16.4. The maximum atomic E-state index is 11.1. The van der Waals surface area contributed by atoms with Gasteiger partial charge in [-0.15, -0.1) is 0 Å². The topological polar surface area (TPSA) is 89.3 Å². The lowest BCUT2D eigenvalue weighted by molar-refractivity contribution is 0.0698. The van der Waals surface area contributed by atoms with Gasteiger partial charge >= 0.3 is 5.97 Å². The van der Waals surface area contributed by atoms with Gasteiger partial charge in [-0.25, -0.2) is 4.79 Å². The van der Waals surface area contributed by atoms with Crippen LogP contribution in [-0.4, -0.2) is 11.1 Å². The maximum Gasteiger partial charge on any atom is 0.336 e. The molecule has 0 heterocycles. The zero-order chi connectivity index (χ0) is 12.4. The van der Waals surface area contributed by atoms with E-state index >= 15 is 0 Å². The van der Waals surface area contributed by atoms with Crippen LogP contribution in [0.15, 0.2) is 42.5 Å². The maximum absolute atomic E-state index is 11.1. The van der Waals surface area contributed by atoms with E-state index in [-0.39, 0.29) is 5.56 Å². The van der Waals surface area contributed by atoms with Crippen molar-refractivity contribution in [1.29, 1.82) is 0 Å². The van der Waals surface area contributed by atoms with Crippen LogP contribution in [0.25, 0.3) is 11.1 Å². The average Bonchev–Trinajstić information content (AvgIpc) is 2.32. The molecular formula is C13H12N2O2. The molecule has 0 fully saturated rings. The second kappa shape index (κ2) is 4.17. The van der Waals surface area contributed by atoms with E-state index in [0.29, 0.717) is 22.5 Å². The highest BCUT2D eigenvalue weighted by Crippen LogP contribution is 2.30. The Morgan fingerprint density at radius 2 is 1.71 bits per heavy atom. The first-order chi connectivity index (χ1) is 8.09. The Balaban J connectivity index is 2.68. The number of nitrogens with two attached hydrogens (primary N) is 2. The number of hydrogen-bond donors (Lipinski definition) is 3. The molecule has 0 aliphatic carbocycles. The summed E-state index contributed by atoms with van der Waals surface area (Å²) in [5.74, 6) is -0.984. The number of benzene rings is 2. The van der Waals surface area contributed by atoms with Gasteiger partial charge in [0.05, 0.1) is 5.56 Å². The minimum Gasteiger partial charge on any atom is -0.478 e. The Hall–Kier alpha value is -2.49. The number of rotatable bonds is 2. The van der Waals surface area contributed by atoms with E-state index in [9.17, 15) is 4.79 Å². The lowest BCUT2D eigenvalue weighted by Gasteiger charge is -2.09. The Kier molecular flexibility index (Phi) is 2.70. The molecule has 2 aromatic carbocycles. The molecule has 0 aromatic heterocycles. The minimum absolute atomic E-state index is 0.213. The molecule has 0 aliphatic heterocycles. The van der Waals surface area contributed by atoms with Gasteiger partial charge in [0.15, 0.2) is 0 Å². The fourth-order valence-electron chi connectivity index (χ4n) is 1.71. The number of nitrogen functional groups attached to an aromatic ring is 2. The van der Waals surface area contributed by atoms with Gasteiger partial charge in [0.2, 0.25) is 0 Å². The second-order valence-corrected chi connectivity index (χ2v) is 3.70. The molecule has 86 valence electrons. The molecule has 0 aliphatic rings. The molecule has 0 radical (unpaired) electrons. The molecule has 0 atom stereocenters. The van der Waals surface area contributed by atoms with Crippen molar-refractivity contribution in [3.8, 4) is 11.1 Å². The predicted molar refractivity (Wildman–Crippen MR) is 67.7 cm³/mol. The highest BCUT2D eigenvalue weighted by molar-refractivity contribution is 5.98. The fraction of sp³-hybridized carbons (Fsp3) is 0. The monoisotopic (exact) mass is 228 g/mol. The molecule has 4 heteroatoms. The van der Waals surface area contributed by atoms with E-state index in [4.69, 9.17) is 16.6 Å². The van der Waals surface area contributed by atoms with Gasteiger partial charge in [-0.1, -0.05) is 18.2 Å². The molecular weight excluding hydrogens is 216 g/mol. The summed E-state index contributed by atoms with van der Waals surface area (Å²) in [5, 5.41) is 9.12. The standard InChI is InChI=1S/C13H12N2O2/c14-8-5-6-12(15)11(7-8)9-3-1-2-4-10(9)13(16)17/h1-7H,14-15H2,(H,16,17). The number of anilines is 2. The zero-order valence-corrected chi connectivity index (χ0v) is 9.05. The first-order valence-corrected chi connectivity index (χ1v) is 5.07. The summed E-state index contributed by atoms with van der Waals surface area (Å²) in [6.07, 6.45) is 0. The lowest BCUT2D eigenvalue weighted by atomic mass is 9.98. The van der Waals surface area contributed by atoms with Crippen LogP contribution >= 0.6 is 0 Å². The second-order valence-electron chi connectivity index (χ2n) is 3.70. The predicted octanol–water partition coefficient (Wildman–Crippen LogP) is 2.22. The Morgan fingerprint density at radius 3 is 2.41 bits per heavy atom. The van der Waals surface area contributed by atoms with Crippen molar-refractivity contribution < 1.29 is 9.90 Å². The number of carboxylic acids is 1. The van der Waals surface area contributed by atoms with Crippen molar-refractivity contribution in [3.63, 3.8) is 0 Å². The molecule has 0 saturated heterocycles. The van der Waals surface area contributed by atoms with Crippen LogP contribution in [0.1, 0.15) is 10.4 Å². The average molecular weight is 228 g/mol. The molecule has 5 N–H and O–H groups in total. The summed E-state index contributed by atoms with van der Waals surface area (Å²) in [6.45, 7) is 0. The highest BCUT2D eigenvalue weighted by Gasteiger charge is 2.12. The van der Waals surface area contributed by atoms with Crippen molar-refractivity contribution >= 4 is 17.3 Å². The molecule has 0 unspecified atom stereocenters. The third kappa shape index (κ3) is 2.06. The Bertz CT molecular complexity index is 579. The summed E-state index contributed by atoms with van der Waals surface area (Å²) >= 11 is 0. The quantitative estimate of drug-likeness (QED) is 0.687. The van der Waals surface area contributed by atoms with E-state index in [1.54, 1.807) is 42.5 Å². The minimum atomic E-state index is -0.984. The van der Waals surface area contributed by atoms with E-state index in [2.05, 4.69) is 0 Å². The largest absolute Gasteiger partial charge is 0.478 e. The van der Waals surface area contributed by atoms with Crippen molar-refractivity contribution in [3.05, 3.63) is 48.0 Å². The number of carboxylic acid groups (broad SMARTS) is 1. The van der Waals surface area contributed by atoms with E-state index in [0.717, 1.165) is 0 Å². The zero-order valence-electron chi connectivity index (χ0n) is 9.05. The van der Waals surface area contributed by atoms with Crippen LogP contribution in [0.4, 0.5) is 11.4 Å². The fourth-order valence-corrected chi connectivity index (χ4v) is 1.71. The van der Waals surface area contributed by atoms with Crippen molar-refractivity contribution in [1.82, 2.24) is 0 Å². The molecule has 0 spiro atoms. The van der Waals surface area contributed by atoms with Crippen LogP contribution < -0.4 is 11.5 Å². The molecule has 0 saturated carbocycles. The van der Waals surface area contributed by atoms with E-state index in [1.165, 1.54) is 0 Å². The third-order valence-electron chi connectivity index (χ3n) is 2.52. The molecule has 2 rings (SSSR count). The van der Waals surface area contributed by atoms with Gasteiger partial charge in [-0.3, -0.25) is 0 Å². The van der Waals surface area contributed by atoms with Gasteiger partial charge in [-0.05, 0) is 29.8 Å². The first kappa shape index (κ1) is 11.0. The van der Waals surface area contributed by atoms with Crippen LogP contribution in [-0.2, 0) is 0 Å². The van der Waals surface area contributed by atoms with Gasteiger partial charge in [-0.2, -0.15) is 0 Å². The number of carbonyl (C=O) groups is 1. The van der Waals surface area contributed by atoms with Gasteiger partial charge in [0.1, 0.15) is 0 Å². The first-order valence-electron chi connectivity index (χ1n) is 5.07. The third-order valence-corrected chi connectivity index (χ3v) is 2.52. The normalized spacial score (nSPS) is 10.1. The SMILES string of the molecule is Nc1ccc(N)c(-c2ccccc2C(=O)O)c1. The summed E-state index contributed by atoms with van der Waals surface area (Å²) < 4.78 is 0. The van der Waals surface area contributed by atoms with Crippen LogP contribution in [0, 0.1) is 0 Å². The van der Waals surface area contributed by atoms with Crippen LogP contribution in [0.5, 0.6) is 0 Å². The Labute approximate surface area is 98.5 Å². The molecule has 0 amide bonds. The lowest BCUT2D eigenvalue weighted by Crippen LogP contribution is -2.01. The van der Waals surface area contributed by atoms with Crippen LogP contribution in [0.2, 0.25) is 0 Å².